The molecule has 1 saturated heterocycles. The van der Waals surface area contributed by atoms with Crippen molar-refractivity contribution in [3.63, 3.8) is 0 Å². The van der Waals surface area contributed by atoms with E-state index < -0.39 is 63.9 Å². The van der Waals surface area contributed by atoms with Crippen LogP contribution in [0.5, 0.6) is 0 Å². The van der Waals surface area contributed by atoms with Gasteiger partial charge < -0.3 is 10.1 Å². The van der Waals surface area contributed by atoms with Crippen molar-refractivity contribution in [3.05, 3.63) is 96.6 Å². The third-order valence-electron chi connectivity index (χ3n) is 7.31. The van der Waals surface area contributed by atoms with Gasteiger partial charge in [0.05, 0.1) is 34.4 Å². The summed E-state index contributed by atoms with van der Waals surface area (Å²) in [5, 5.41) is 3.79. The lowest BCUT2D eigenvalue weighted by Gasteiger charge is -2.29. The SMILES string of the molecule is CCOC(=O)c1ccc(NC(=O)Cn2c3c(sc2=O)[C@@H](c2cccs2)[C@H]2C(=O)N(c4cccc(C(F)(F)F)c4)C(=O)[C@H]2S3)cc1. The Labute approximate surface area is 265 Å². The number of amides is 3. The smallest absolute Gasteiger partial charge is 0.416 e. The van der Waals surface area contributed by atoms with Gasteiger partial charge in [0.2, 0.25) is 17.7 Å². The maximum Gasteiger partial charge on any atom is 0.416 e. The lowest BCUT2D eigenvalue weighted by molar-refractivity contribution is -0.137. The van der Waals surface area contributed by atoms with Crippen molar-refractivity contribution in [2.24, 2.45) is 5.92 Å². The topological polar surface area (TPSA) is 115 Å². The molecule has 0 unspecified atom stereocenters. The van der Waals surface area contributed by atoms with E-state index >= 15 is 0 Å². The Morgan fingerprint density at radius 3 is 2.42 bits per heavy atom. The number of nitrogens with zero attached hydrogens (tertiary/aromatic N) is 2. The van der Waals surface area contributed by atoms with Gasteiger partial charge in [0.25, 0.3) is 0 Å². The summed E-state index contributed by atoms with van der Waals surface area (Å²) in [6.07, 6.45) is -4.67. The highest BCUT2D eigenvalue weighted by Crippen LogP contribution is 2.54. The maximum atomic E-state index is 13.8. The zero-order valence-electron chi connectivity index (χ0n) is 23.2. The molecule has 1 N–H and O–H groups in total. The summed E-state index contributed by atoms with van der Waals surface area (Å²) in [5.41, 5.74) is -0.498. The third-order valence-corrected chi connectivity index (χ3v) is 10.9. The second-order valence-electron chi connectivity index (χ2n) is 10.1. The van der Waals surface area contributed by atoms with Crippen molar-refractivity contribution in [1.82, 2.24) is 4.57 Å². The number of rotatable bonds is 7. The molecular weight excluding hydrogens is 652 g/mol. The molecule has 2 aliphatic heterocycles. The molecule has 2 aromatic heterocycles. The normalized spacial score (nSPS) is 19.3. The molecular formula is C30H22F3N3O6S3. The first-order chi connectivity index (χ1) is 21.5. The number of thiophene rings is 1. The Morgan fingerprint density at radius 1 is 1.00 bits per heavy atom. The molecule has 9 nitrogen and oxygen atoms in total. The van der Waals surface area contributed by atoms with Crippen LogP contribution >= 0.6 is 34.4 Å². The van der Waals surface area contributed by atoms with Gasteiger partial charge in [0.15, 0.2) is 0 Å². The van der Waals surface area contributed by atoms with E-state index in [1.54, 1.807) is 24.4 Å². The van der Waals surface area contributed by atoms with Crippen LogP contribution in [0.3, 0.4) is 0 Å². The van der Waals surface area contributed by atoms with E-state index in [-0.39, 0.29) is 12.3 Å². The minimum absolute atomic E-state index is 0.186. The van der Waals surface area contributed by atoms with Crippen LogP contribution in [0.2, 0.25) is 0 Å². The maximum absolute atomic E-state index is 13.8. The fourth-order valence-electron chi connectivity index (χ4n) is 5.35. The number of imide groups is 1. The summed E-state index contributed by atoms with van der Waals surface area (Å²) in [6.45, 7) is 1.50. The lowest BCUT2D eigenvalue weighted by atomic mass is 9.87. The number of esters is 1. The molecule has 2 aliphatic rings. The van der Waals surface area contributed by atoms with Gasteiger partial charge in [-0.05, 0) is 60.8 Å². The minimum atomic E-state index is -4.67. The lowest BCUT2D eigenvalue weighted by Crippen LogP contribution is -2.32. The highest BCUT2D eigenvalue weighted by atomic mass is 32.2. The number of ether oxygens (including phenoxy) is 1. The summed E-state index contributed by atoms with van der Waals surface area (Å²) in [7, 11) is 0. The fraction of sp³-hybridized carbons (Fsp3) is 0.233. The summed E-state index contributed by atoms with van der Waals surface area (Å²) in [6, 6.07) is 13.6. The van der Waals surface area contributed by atoms with Crippen LogP contribution in [0.25, 0.3) is 0 Å². The number of benzene rings is 2. The van der Waals surface area contributed by atoms with Gasteiger partial charge in [-0.15, -0.1) is 11.3 Å². The van der Waals surface area contributed by atoms with Crippen molar-refractivity contribution in [1.29, 1.82) is 0 Å². The van der Waals surface area contributed by atoms with Crippen molar-refractivity contribution < 1.29 is 37.1 Å². The molecule has 3 amide bonds. The zero-order valence-corrected chi connectivity index (χ0v) is 25.6. The molecule has 1 fully saturated rings. The molecule has 4 heterocycles. The summed E-state index contributed by atoms with van der Waals surface area (Å²) in [5.74, 6) is -4.09. The molecule has 0 aliphatic carbocycles. The van der Waals surface area contributed by atoms with Crippen molar-refractivity contribution in [3.8, 4) is 0 Å². The van der Waals surface area contributed by atoms with Crippen LogP contribution in [-0.2, 0) is 31.8 Å². The van der Waals surface area contributed by atoms with E-state index in [0.717, 1.165) is 46.2 Å². The number of aromatic nitrogens is 1. The molecule has 3 atom stereocenters. The number of fused-ring (bicyclic) bond motifs is 2. The van der Waals surface area contributed by atoms with Gasteiger partial charge in [-0.25, -0.2) is 9.69 Å². The molecule has 232 valence electrons. The van der Waals surface area contributed by atoms with Crippen LogP contribution < -0.4 is 15.1 Å². The minimum Gasteiger partial charge on any atom is -0.462 e. The molecule has 0 spiro atoms. The van der Waals surface area contributed by atoms with Crippen LogP contribution in [0.1, 0.15) is 38.5 Å². The van der Waals surface area contributed by atoms with Crippen molar-refractivity contribution >= 4 is 69.5 Å². The van der Waals surface area contributed by atoms with Crippen molar-refractivity contribution in [2.45, 2.75) is 35.8 Å². The molecule has 0 saturated carbocycles. The van der Waals surface area contributed by atoms with E-state index in [2.05, 4.69) is 5.32 Å². The van der Waals surface area contributed by atoms with Crippen LogP contribution in [0.15, 0.2) is 75.9 Å². The molecule has 45 heavy (non-hydrogen) atoms. The predicted molar refractivity (Wildman–Crippen MR) is 163 cm³/mol. The molecule has 6 rings (SSSR count). The van der Waals surface area contributed by atoms with E-state index in [1.807, 2.05) is 0 Å². The summed E-state index contributed by atoms with van der Waals surface area (Å²) >= 11 is 3.16. The number of thioether (sulfide) groups is 1. The van der Waals surface area contributed by atoms with E-state index in [0.29, 0.717) is 26.0 Å². The number of carbonyl (C=O) groups excluding carboxylic acids is 4. The number of carbonyl (C=O) groups is 4. The van der Waals surface area contributed by atoms with Crippen LogP contribution in [-0.4, -0.2) is 40.1 Å². The average Bonchev–Trinajstić information content (AvgIpc) is 3.70. The van der Waals surface area contributed by atoms with Gasteiger partial charge >= 0.3 is 17.0 Å². The Balaban J connectivity index is 1.31. The average molecular weight is 674 g/mol. The van der Waals surface area contributed by atoms with Gasteiger partial charge in [-0.1, -0.05) is 35.2 Å². The fourth-order valence-corrected chi connectivity index (χ4v) is 9.08. The molecule has 2 aromatic carbocycles. The molecule has 0 radical (unpaired) electrons. The highest BCUT2D eigenvalue weighted by Gasteiger charge is 2.57. The van der Waals surface area contributed by atoms with Crippen LogP contribution in [0, 0.1) is 5.92 Å². The first-order valence-corrected chi connectivity index (χ1v) is 16.1. The standard InChI is InChI=1S/C30H22F3N3O6S3/c1-2-42-28(40)15-8-10-17(11-9-15)34-20(37)14-35-27-24(45-29(35)41)21(19-7-4-12-43-19)22-23(44-27)26(39)36(25(22)38)18-6-3-5-16(13-18)30(31,32)33/h3-13,21-23H,2,14H2,1H3,(H,34,37)/t21-,22+,23-/m0/s1. The number of hydrogen-bond donors (Lipinski definition) is 1. The van der Waals surface area contributed by atoms with Gasteiger partial charge in [0, 0.05) is 21.4 Å². The van der Waals surface area contributed by atoms with Gasteiger partial charge in [-0.2, -0.15) is 13.2 Å². The predicted octanol–water partition coefficient (Wildman–Crippen LogP) is 5.60. The number of alkyl halides is 3. The summed E-state index contributed by atoms with van der Waals surface area (Å²) < 4.78 is 46.6. The number of anilines is 2. The van der Waals surface area contributed by atoms with Crippen molar-refractivity contribution in [2.75, 3.05) is 16.8 Å². The second-order valence-corrected chi connectivity index (χ2v) is 13.2. The first kappa shape index (κ1) is 30.8. The largest absolute Gasteiger partial charge is 0.462 e. The zero-order chi connectivity index (χ0) is 32.0. The number of thiazole rings is 1. The highest BCUT2D eigenvalue weighted by molar-refractivity contribution is 8.00. The Kier molecular flexibility index (Phi) is 8.18. The second kappa shape index (κ2) is 11.9. The van der Waals surface area contributed by atoms with Gasteiger partial charge in [0.1, 0.15) is 11.8 Å². The molecule has 15 heteroatoms. The number of halogens is 3. The quantitative estimate of drug-likeness (QED) is 0.201. The number of hydrogen-bond acceptors (Lipinski definition) is 9. The van der Waals surface area contributed by atoms with Gasteiger partial charge in [-0.3, -0.25) is 23.7 Å². The Morgan fingerprint density at radius 2 is 1.76 bits per heavy atom. The third kappa shape index (κ3) is 5.71. The van der Waals surface area contributed by atoms with E-state index in [4.69, 9.17) is 4.74 Å². The molecule has 4 aromatic rings. The monoisotopic (exact) mass is 673 g/mol. The Bertz CT molecular complexity index is 1870. The van der Waals surface area contributed by atoms with Crippen LogP contribution in [0.4, 0.5) is 24.5 Å². The molecule has 0 bridgehead atoms. The number of nitrogens with one attached hydrogen (secondary N) is 1. The van der Waals surface area contributed by atoms with E-state index in [9.17, 15) is 37.1 Å². The van der Waals surface area contributed by atoms with E-state index in [1.165, 1.54) is 46.2 Å². The first-order valence-electron chi connectivity index (χ1n) is 13.5. The summed E-state index contributed by atoms with van der Waals surface area (Å²) in [4.78, 5) is 67.3. The Hall–Kier alpha value is -4.21.